The van der Waals surface area contributed by atoms with Crippen molar-refractivity contribution in [3.63, 3.8) is 0 Å². The fourth-order valence-electron chi connectivity index (χ4n) is 1.90. The van der Waals surface area contributed by atoms with Gasteiger partial charge in [-0.1, -0.05) is 12.1 Å². The van der Waals surface area contributed by atoms with E-state index in [0.717, 1.165) is 12.1 Å². The van der Waals surface area contributed by atoms with Crippen molar-refractivity contribution in [3.05, 3.63) is 41.5 Å². The minimum Gasteiger partial charge on any atom is -0.481 e. The lowest BCUT2D eigenvalue weighted by Crippen LogP contribution is -2.04. The SMILES string of the molecule is Cc1nc(-c2ccc(C(F)(F)F)cc2)c(CCC(=O)O)o1. The molecule has 0 saturated heterocycles. The first-order chi connectivity index (χ1) is 9.77. The summed E-state index contributed by atoms with van der Waals surface area (Å²) in [5, 5.41) is 8.68. The van der Waals surface area contributed by atoms with Crippen LogP contribution < -0.4 is 0 Å². The van der Waals surface area contributed by atoms with E-state index < -0.39 is 17.7 Å². The van der Waals surface area contributed by atoms with Crippen LogP contribution in [-0.4, -0.2) is 16.1 Å². The zero-order valence-corrected chi connectivity index (χ0v) is 11.1. The Morgan fingerprint density at radius 1 is 1.29 bits per heavy atom. The predicted octanol–water partition coefficient (Wildman–Crippen LogP) is 3.69. The maximum Gasteiger partial charge on any atom is 0.416 e. The van der Waals surface area contributed by atoms with E-state index in [-0.39, 0.29) is 12.8 Å². The molecule has 1 aromatic heterocycles. The van der Waals surface area contributed by atoms with Crippen LogP contribution >= 0.6 is 0 Å². The number of benzene rings is 1. The molecular weight excluding hydrogens is 287 g/mol. The van der Waals surface area contributed by atoms with Crippen LogP contribution in [0.4, 0.5) is 13.2 Å². The predicted molar refractivity (Wildman–Crippen MR) is 67.6 cm³/mol. The highest BCUT2D eigenvalue weighted by Gasteiger charge is 2.30. The summed E-state index contributed by atoms with van der Waals surface area (Å²) < 4.78 is 42.9. The molecule has 0 radical (unpaired) electrons. The average Bonchev–Trinajstić information content (AvgIpc) is 2.77. The molecule has 2 aromatic rings. The Balaban J connectivity index is 2.31. The van der Waals surface area contributed by atoms with Gasteiger partial charge in [-0.15, -0.1) is 0 Å². The Kier molecular flexibility index (Phi) is 4.02. The molecule has 0 aliphatic rings. The molecule has 0 saturated carbocycles. The van der Waals surface area contributed by atoms with Crippen molar-refractivity contribution in [2.75, 3.05) is 0 Å². The highest BCUT2D eigenvalue weighted by Crippen LogP contribution is 2.32. The summed E-state index contributed by atoms with van der Waals surface area (Å²) in [5.41, 5.74) is 0.0845. The standard InChI is InChI=1S/C14H12F3NO3/c1-8-18-13(11(21-8)6-7-12(19)20)9-2-4-10(5-3-9)14(15,16)17/h2-5H,6-7H2,1H3,(H,19,20). The molecule has 0 atom stereocenters. The number of rotatable bonds is 4. The van der Waals surface area contributed by atoms with Crippen molar-refractivity contribution in [2.45, 2.75) is 25.9 Å². The first-order valence-electron chi connectivity index (χ1n) is 6.13. The summed E-state index contributed by atoms with van der Waals surface area (Å²) in [5.74, 6) is -0.289. The fraction of sp³-hybridized carbons (Fsp3) is 0.286. The number of hydrogen-bond acceptors (Lipinski definition) is 3. The normalized spacial score (nSPS) is 11.6. The Morgan fingerprint density at radius 3 is 2.43 bits per heavy atom. The molecule has 0 aliphatic carbocycles. The number of aliphatic carboxylic acids is 1. The topological polar surface area (TPSA) is 63.3 Å². The number of aromatic nitrogens is 1. The minimum absolute atomic E-state index is 0.131. The number of carboxylic acids is 1. The number of hydrogen-bond donors (Lipinski definition) is 1. The number of carbonyl (C=O) groups is 1. The van der Waals surface area contributed by atoms with Gasteiger partial charge in [0, 0.05) is 18.9 Å². The number of halogens is 3. The molecule has 112 valence electrons. The van der Waals surface area contributed by atoms with E-state index in [9.17, 15) is 18.0 Å². The van der Waals surface area contributed by atoms with Gasteiger partial charge in [0.1, 0.15) is 11.5 Å². The third-order valence-electron chi connectivity index (χ3n) is 2.86. The van der Waals surface area contributed by atoms with Crippen LogP contribution in [0.3, 0.4) is 0 Å². The smallest absolute Gasteiger partial charge is 0.416 e. The zero-order valence-electron chi connectivity index (χ0n) is 11.1. The Hall–Kier alpha value is -2.31. The van der Waals surface area contributed by atoms with Crippen LogP contribution in [0.5, 0.6) is 0 Å². The first-order valence-corrected chi connectivity index (χ1v) is 6.13. The summed E-state index contributed by atoms with van der Waals surface area (Å²) in [6, 6.07) is 4.51. The molecule has 0 aliphatic heterocycles. The largest absolute Gasteiger partial charge is 0.481 e. The highest BCUT2D eigenvalue weighted by atomic mass is 19.4. The molecule has 0 spiro atoms. The van der Waals surface area contributed by atoms with Gasteiger partial charge in [0.2, 0.25) is 0 Å². The second-order valence-corrected chi connectivity index (χ2v) is 4.47. The molecule has 1 N–H and O–H groups in total. The number of carboxylic acid groups (broad SMARTS) is 1. The second kappa shape index (κ2) is 5.59. The lowest BCUT2D eigenvalue weighted by atomic mass is 10.1. The third-order valence-corrected chi connectivity index (χ3v) is 2.86. The molecule has 7 heteroatoms. The van der Waals surface area contributed by atoms with Crippen LogP contribution in [0.15, 0.2) is 28.7 Å². The summed E-state index contributed by atoms with van der Waals surface area (Å²) in [6.45, 7) is 1.60. The molecule has 1 aromatic carbocycles. The number of nitrogens with zero attached hydrogens (tertiary/aromatic N) is 1. The van der Waals surface area contributed by atoms with E-state index >= 15 is 0 Å². The molecule has 2 rings (SSSR count). The molecule has 0 bridgehead atoms. The Morgan fingerprint density at radius 2 is 1.90 bits per heavy atom. The lowest BCUT2D eigenvalue weighted by molar-refractivity contribution is -0.138. The van der Waals surface area contributed by atoms with Crippen molar-refractivity contribution in [1.29, 1.82) is 0 Å². The van der Waals surface area contributed by atoms with Gasteiger partial charge in [-0.2, -0.15) is 13.2 Å². The maximum atomic E-state index is 12.5. The van der Waals surface area contributed by atoms with Gasteiger partial charge in [-0.3, -0.25) is 4.79 Å². The van der Waals surface area contributed by atoms with Gasteiger partial charge in [0.25, 0.3) is 0 Å². The third kappa shape index (κ3) is 3.62. The fourth-order valence-corrected chi connectivity index (χ4v) is 1.90. The van der Waals surface area contributed by atoms with Gasteiger partial charge in [-0.05, 0) is 12.1 Å². The molecule has 0 amide bonds. The van der Waals surface area contributed by atoms with Gasteiger partial charge < -0.3 is 9.52 Å². The van der Waals surface area contributed by atoms with E-state index in [1.807, 2.05) is 0 Å². The van der Waals surface area contributed by atoms with Crippen molar-refractivity contribution in [1.82, 2.24) is 4.98 Å². The molecule has 0 fully saturated rings. The average molecular weight is 299 g/mol. The van der Waals surface area contributed by atoms with E-state index in [1.165, 1.54) is 12.1 Å². The van der Waals surface area contributed by atoms with Crippen LogP contribution in [0.2, 0.25) is 0 Å². The van der Waals surface area contributed by atoms with Crippen LogP contribution in [0.25, 0.3) is 11.3 Å². The van der Waals surface area contributed by atoms with E-state index in [0.29, 0.717) is 22.9 Å². The van der Waals surface area contributed by atoms with E-state index in [4.69, 9.17) is 9.52 Å². The van der Waals surface area contributed by atoms with Crippen molar-refractivity contribution < 1.29 is 27.5 Å². The van der Waals surface area contributed by atoms with Crippen molar-refractivity contribution in [3.8, 4) is 11.3 Å². The summed E-state index contributed by atoms with van der Waals surface area (Å²) in [4.78, 5) is 14.7. The van der Waals surface area contributed by atoms with Crippen LogP contribution in [-0.2, 0) is 17.4 Å². The Labute approximate surface area is 118 Å². The molecule has 0 unspecified atom stereocenters. The monoisotopic (exact) mass is 299 g/mol. The van der Waals surface area contributed by atoms with Gasteiger partial charge in [-0.25, -0.2) is 4.98 Å². The quantitative estimate of drug-likeness (QED) is 0.935. The number of aryl methyl sites for hydroxylation is 2. The van der Waals surface area contributed by atoms with Crippen LogP contribution in [0, 0.1) is 6.92 Å². The van der Waals surface area contributed by atoms with Gasteiger partial charge in [0.05, 0.1) is 12.0 Å². The lowest BCUT2D eigenvalue weighted by Gasteiger charge is -2.07. The highest BCUT2D eigenvalue weighted by molar-refractivity contribution is 5.68. The summed E-state index contributed by atoms with van der Waals surface area (Å²) in [7, 11) is 0. The van der Waals surface area contributed by atoms with Gasteiger partial charge >= 0.3 is 12.1 Å². The minimum atomic E-state index is -4.40. The zero-order chi connectivity index (χ0) is 15.6. The number of oxazole rings is 1. The first kappa shape index (κ1) is 15.1. The number of alkyl halides is 3. The van der Waals surface area contributed by atoms with Crippen molar-refractivity contribution >= 4 is 5.97 Å². The van der Waals surface area contributed by atoms with E-state index in [1.54, 1.807) is 6.92 Å². The van der Waals surface area contributed by atoms with Crippen molar-refractivity contribution in [2.24, 2.45) is 0 Å². The maximum absolute atomic E-state index is 12.5. The second-order valence-electron chi connectivity index (χ2n) is 4.47. The Bertz CT molecular complexity index is 644. The summed E-state index contributed by atoms with van der Waals surface area (Å²) in [6.07, 6.45) is -4.40. The van der Waals surface area contributed by atoms with Crippen LogP contribution in [0.1, 0.15) is 23.6 Å². The summed E-state index contributed by atoms with van der Waals surface area (Å²) >= 11 is 0. The van der Waals surface area contributed by atoms with E-state index in [2.05, 4.69) is 4.98 Å². The molecule has 4 nitrogen and oxygen atoms in total. The van der Waals surface area contributed by atoms with Gasteiger partial charge in [0.15, 0.2) is 5.89 Å². The molecular formula is C14H12F3NO3. The molecule has 21 heavy (non-hydrogen) atoms. The molecule has 1 heterocycles.